The zero-order valence-electron chi connectivity index (χ0n) is 14.9. The van der Waals surface area contributed by atoms with Gasteiger partial charge in [-0.05, 0) is 30.2 Å². The molecule has 29 heavy (non-hydrogen) atoms. The third-order valence-electron chi connectivity index (χ3n) is 3.67. The van der Waals surface area contributed by atoms with Crippen LogP contribution in [0.5, 0.6) is 5.75 Å². The summed E-state index contributed by atoms with van der Waals surface area (Å²) in [5.41, 5.74) is 0.621. The lowest BCUT2D eigenvalue weighted by molar-refractivity contribution is 0.211. The zero-order valence-corrected chi connectivity index (χ0v) is 21.2. The Morgan fingerprint density at radius 2 is 1.83 bits per heavy atom. The van der Waals surface area contributed by atoms with E-state index in [9.17, 15) is 13.2 Å². The molecule has 158 valence electrons. The number of benzene rings is 2. The number of hydrogen-bond donors (Lipinski definition) is 2. The van der Waals surface area contributed by atoms with Crippen molar-refractivity contribution in [2.75, 3.05) is 11.9 Å². The average molecular weight is 636 g/mol. The molecular weight excluding hydrogens is 619 g/mol. The van der Waals surface area contributed by atoms with Crippen LogP contribution in [0.3, 0.4) is 0 Å². The fraction of sp³-hybridized carbons (Fsp3) is 0.235. The van der Waals surface area contributed by atoms with Gasteiger partial charge in [-0.15, -0.1) is 0 Å². The van der Waals surface area contributed by atoms with E-state index in [4.69, 9.17) is 16.2 Å². The molecule has 2 aromatic carbocycles. The Bertz CT molecular complexity index is 971. The molecule has 0 aliphatic carbocycles. The molecule has 0 spiro atoms. The summed E-state index contributed by atoms with van der Waals surface area (Å²) in [6.07, 6.45) is 0. The minimum atomic E-state index is -4.81. The zero-order chi connectivity index (χ0) is 21.8. The van der Waals surface area contributed by atoms with Crippen LogP contribution in [0.15, 0.2) is 48.5 Å². The van der Waals surface area contributed by atoms with Crippen molar-refractivity contribution in [1.29, 1.82) is 0 Å². The van der Waals surface area contributed by atoms with Gasteiger partial charge in [-0.25, -0.2) is 4.79 Å². The van der Waals surface area contributed by atoms with Crippen molar-refractivity contribution in [1.82, 2.24) is 4.90 Å². The van der Waals surface area contributed by atoms with Crippen LogP contribution >= 0.6 is 59.4 Å². The van der Waals surface area contributed by atoms with Gasteiger partial charge in [0.15, 0.2) is 7.89 Å². The monoisotopic (exact) mass is 632 g/mol. The lowest BCUT2D eigenvalue weighted by atomic mass is 10.1. The van der Waals surface area contributed by atoms with Crippen molar-refractivity contribution in [3.63, 3.8) is 0 Å². The second kappa shape index (κ2) is 9.97. The standard InChI is InChI=1S/C17H16Br3ClN2O5S/c1-2-23(15(21)17(18,19)20)16(24)22-13-9-8-12(11-6-4-3-5-7-11)10-14(13)28-29(25,26)27/h3-10,15H,2H2,1H3,(H,22,24)(H,25,26,27). The molecule has 0 aromatic heterocycles. The quantitative estimate of drug-likeness (QED) is 0.238. The summed E-state index contributed by atoms with van der Waals surface area (Å²) in [6.45, 7) is 1.98. The maximum atomic E-state index is 12.7. The number of hydrogen-bond acceptors (Lipinski definition) is 4. The van der Waals surface area contributed by atoms with Crippen molar-refractivity contribution in [3.05, 3.63) is 48.5 Å². The minimum Gasteiger partial charge on any atom is -0.360 e. The summed E-state index contributed by atoms with van der Waals surface area (Å²) in [7, 11) is -4.81. The van der Waals surface area contributed by atoms with Gasteiger partial charge < -0.3 is 14.4 Å². The van der Waals surface area contributed by atoms with Gasteiger partial charge in [0.1, 0.15) is 5.50 Å². The molecule has 2 N–H and O–H groups in total. The highest BCUT2D eigenvalue weighted by molar-refractivity contribution is 9.39. The van der Waals surface area contributed by atoms with E-state index in [1.165, 1.54) is 17.0 Å². The van der Waals surface area contributed by atoms with Crippen LogP contribution in [-0.4, -0.2) is 38.1 Å². The number of nitrogens with zero attached hydrogens (tertiary/aromatic N) is 1. The Kier molecular flexibility index (Phi) is 8.40. The molecule has 1 atom stereocenters. The molecule has 0 fully saturated rings. The number of halogens is 4. The summed E-state index contributed by atoms with van der Waals surface area (Å²) < 4.78 is 35.4. The van der Waals surface area contributed by atoms with E-state index < -0.39 is 24.1 Å². The summed E-state index contributed by atoms with van der Waals surface area (Å²) in [4.78, 5) is 14.0. The molecule has 0 heterocycles. The number of anilines is 1. The highest BCUT2D eigenvalue weighted by Crippen LogP contribution is 2.42. The molecule has 2 amide bonds. The Labute approximate surface area is 199 Å². The van der Waals surface area contributed by atoms with Crippen molar-refractivity contribution in [3.8, 4) is 16.9 Å². The lowest BCUT2D eigenvalue weighted by Crippen LogP contribution is -2.45. The van der Waals surface area contributed by atoms with Gasteiger partial charge in [0.05, 0.1) is 5.69 Å². The molecule has 0 saturated carbocycles. The first-order chi connectivity index (χ1) is 13.4. The molecule has 0 bridgehead atoms. The molecule has 0 aliphatic rings. The van der Waals surface area contributed by atoms with Gasteiger partial charge in [0, 0.05) is 6.54 Å². The van der Waals surface area contributed by atoms with Crippen LogP contribution in [0.25, 0.3) is 11.1 Å². The third kappa shape index (κ3) is 7.11. The predicted molar refractivity (Wildman–Crippen MR) is 125 cm³/mol. The Balaban J connectivity index is 2.39. The van der Waals surface area contributed by atoms with E-state index in [2.05, 4.69) is 57.3 Å². The largest absolute Gasteiger partial charge is 0.446 e. The fourth-order valence-electron chi connectivity index (χ4n) is 2.39. The first-order valence-corrected chi connectivity index (χ1v) is 12.2. The molecule has 0 aliphatic heterocycles. The van der Waals surface area contributed by atoms with Crippen molar-refractivity contribution in [2.45, 2.75) is 14.6 Å². The van der Waals surface area contributed by atoms with Crippen molar-refractivity contribution < 1.29 is 21.9 Å². The number of urea groups is 1. The molecule has 7 nitrogen and oxygen atoms in total. The number of amides is 2. The lowest BCUT2D eigenvalue weighted by Gasteiger charge is -2.31. The number of nitrogens with one attached hydrogen (secondary N) is 1. The molecule has 1 unspecified atom stereocenters. The highest BCUT2D eigenvalue weighted by atomic mass is 80.0. The normalized spacial score (nSPS) is 12.9. The molecule has 0 radical (unpaired) electrons. The van der Waals surface area contributed by atoms with Crippen LogP contribution in [0.4, 0.5) is 10.5 Å². The fourth-order valence-corrected chi connectivity index (χ4v) is 3.72. The summed E-state index contributed by atoms with van der Waals surface area (Å²) in [6, 6.07) is 13.1. The molecule has 2 rings (SSSR count). The van der Waals surface area contributed by atoms with E-state index in [1.807, 2.05) is 30.3 Å². The first kappa shape index (κ1) is 24.4. The van der Waals surface area contributed by atoms with E-state index in [0.29, 0.717) is 5.56 Å². The van der Waals surface area contributed by atoms with Crippen LogP contribution in [0.2, 0.25) is 0 Å². The number of alkyl halides is 4. The highest BCUT2D eigenvalue weighted by Gasteiger charge is 2.36. The van der Waals surface area contributed by atoms with Gasteiger partial charge in [0.2, 0.25) is 0 Å². The first-order valence-electron chi connectivity index (χ1n) is 8.07. The van der Waals surface area contributed by atoms with E-state index >= 15 is 0 Å². The third-order valence-corrected chi connectivity index (χ3v) is 6.72. The minimum absolute atomic E-state index is 0.0407. The van der Waals surface area contributed by atoms with Gasteiger partial charge in [-0.2, -0.15) is 8.42 Å². The second-order valence-electron chi connectivity index (χ2n) is 5.68. The van der Waals surface area contributed by atoms with E-state index in [-0.39, 0.29) is 18.0 Å². The maximum absolute atomic E-state index is 12.7. The molecule has 0 saturated heterocycles. The van der Waals surface area contributed by atoms with E-state index in [1.54, 1.807) is 13.0 Å². The molecule has 12 heteroatoms. The number of carbonyl (C=O) groups is 1. The van der Waals surface area contributed by atoms with Crippen LogP contribution in [0, 0.1) is 0 Å². The number of rotatable bonds is 6. The van der Waals surface area contributed by atoms with Crippen LogP contribution in [-0.2, 0) is 10.4 Å². The van der Waals surface area contributed by atoms with Gasteiger partial charge in [-0.1, -0.05) is 95.8 Å². The topological polar surface area (TPSA) is 95.9 Å². The Hall–Kier alpha value is -0.850. The van der Waals surface area contributed by atoms with E-state index in [0.717, 1.165) is 5.56 Å². The summed E-state index contributed by atoms with van der Waals surface area (Å²) in [5.74, 6) is -0.243. The van der Waals surface area contributed by atoms with Gasteiger partial charge >= 0.3 is 16.4 Å². The Morgan fingerprint density at radius 3 is 2.34 bits per heavy atom. The predicted octanol–water partition coefficient (Wildman–Crippen LogP) is 5.79. The molecular formula is C17H16Br3ClN2O5S. The Morgan fingerprint density at radius 1 is 1.21 bits per heavy atom. The smallest absolute Gasteiger partial charge is 0.360 e. The van der Waals surface area contributed by atoms with Crippen LogP contribution < -0.4 is 9.50 Å². The van der Waals surface area contributed by atoms with Gasteiger partial charge in [-0.3, -0.25) is 4.55 Å². The summed E-state index contributed by atoms with van der Waals surface area (Å²) >= 11 is 16.1. The van der Waals surface area contributed by atoms with Crippen molar-refractivity contribution >= 4 is 81.5 Å². The van der Waals surface area contributed by atoms with Crippen LogP contribution in [0.1, 0.15) is 6.92 Å². The second-order valence-corrected chi connectivity index (χ2v) is 14.1. The molecule has 2 aromatic rings. The van der Waals surface area contributed by atoms with Crippen molar-refractivity contribution in [2.24, 2.45) is 0 Å². The van der Waals surface area contributed by atoms with Gasteiger partial charge in [0.25, 0.3) is 0 Å². The summed E-state index contributed by atoms with van der Waals surface area (Å²) in [5, 5.41) is 2.56. The maximum Gasteiger partial charge on any atom is 0.446 e. The number of carbonyl (C=O) groups excluding carboxylic acids is 1. The average Bonchev–Trinajstić information content (AvgIpc) is 2.62. The SMILES string of the molecule is CCN(C(=O)Nc1ccc(-c2ccccc2)cc1OS(=O)(=O)O)C(Cl)C(Br)(Br)Br.